The fourth-order valence-corrected chi connectivity index (χ4v) is 2.36. The Hall–Kier alpha value is -0.770. The Morgan fingerprint density at radius 2 is 2.18 bits per heavy atom. The van der Waals surface area contributed by atoms with E-state index in [4.69, 9.17) is 4.74 Å². The van der Waals surface area contributed by atoms with Crippen molar-refractivity contribution < 1.29 is 9.53 Å². The van der Waals surface area contributed by atoms with Gasteiger partial charge in [0.15, 0.2) is 0 Å². The lowest BCUT2D eigenvalue weighted by molar-refractivity contribution is 0.0510. The molecule has 2 N–H and O–H groups in total. The van der Waals surface area contributed by atoms with E-state index >= 15 is 0 Å². The van der Waals surface area contributed by atoms with Crippen LogP contribution in [0.3, 0.4) is 0 Å². The van der Waals surface area contributed by atoms with E-state index in [0.717, 1.165) is 25.8 Å². The topological polar surface area (TPSA) is 50.4 Å². The van der Waals surface area contributed by atoms with E-state index < -0.39 is 5.60 Å². The largest absolute Gasteiger partial charge is 0.444 e. The summed E-state index contributed by atoms with van der Waals surface area (Å²) in [4.78, 5) is 11.6. The molecule has 1 saturated heterocycles. The number of rotatable bonds is 4. The molecule has 17 heavy (non-hydrogen) atoms. The van der Waals surface area contributed by atoms with Gasteiger partial charge in [-0.1, -0.05) is 13.3 Å². The van der Waals surface area contributed by atoms with Crippen molar-refractivity contribution in [2.24, 2.45) is 0 Å². The fourth-order valence-electron chi connectivity index (χ4n) is 2.36. The molecule has 0 radical (unpaired) electrons. The Morgan fingerprint density at radius 1 is 1.47 bits per heavy atom. The van der Waals surface area contributed by atoms with Gasteiger partial charge < -0.3 is 15.4 Å². The molecule has 4 nitrogen and oxygen atoms in total. The van der Waals surface area contributed by atoms with Gasteiger partial charge in [-0.2, -0.15) is 0 Å². The Labute approximate surface area is 104 Å². The molecule has 0 aromatic rings. The summed E-state index contributed by atoms with van der Waals surface area (Å²) in [6.07, 6.45) is 4.24. The van der Waals surface area contributed by atoms with Gasteiger partial charge >= 0.3 is 6.09 Å². The van der Waals surface area contributed by atoms with Gasteiger partial charge in [0.25, 0.3) is 0 Å². The summed E-state index contributed by atoms with van der Waals surface area (Å²) in [5, 5.41) is 6.40. The third kappa shape index (κ3) is 4.94. The Morgan fingerprint density at radius 3 is 2.65 bits per heavy atom. The Bertz CT molecular complexity index is 253. The van der Waals surface area contributed by atoms with Crippen LogP contribution in [0, 0.1) is 0 Å². The average molecular weight is 242 g/mol. The van der Waals surface area contributed by atoms with Crippen LogP contribution >= 0.6 is 0 Å². The van der Waals surface area contributed by atoms with E-state index in [2.05, 4.69) is 17.6 Å². The van der Waals surface area contributed by atoms with E-state index in [1.165, 1.54) is 6.42 Å². The number of amides is 1. The summed E-state index contributed by atoms with van der Waals surface area (Å²) >= 11 is 0. The Kier molecular flexibility index (Phi) is 4.80. The van der Waals surface area contributed by atoms with Crippen LogP contribution < -0.4 is 10.6 Å². The normalized spacial score (nSPS) is 24.7. The van der Waals surface area contributed by atoms with E-state index in [9.17, 15) is 4.79 Å². The molecule has 0 saturated carbocycles. The van der Waals surface area contributed by atoms with Crippen LogP contribution in [0.2, 0.25) is 0 Å². The minimum absolute atomic E-state index is 0.0889. The maximum absolute atomic E-state index is 11.6. The molecule has 0 aliphatic carbocycles. The van der Waals surface area contributed by atoms with Gasteiger partial charge in [-0.3, -0.25) is 0 Å². The molecule has 1 atom stereocenters. The molecule has 1 fully saturated rings. The zero-order valence-corrected chi connectivity index (χ0v) is 11.6. The van der Waals surface area contributed by atoms with Gasteiger partial charge in [-0.05, 0) is 46.6 Å². The van der Waals surface area contributed by atoms with Crippen molar-refractivity contribution in [1.29, 1.82) is 0 Å². The first kappa shape index (κ1) is 14.3. The molecule has 1 rings (SSSR count). The highest BCUT2D eigenvalue weighted by molar-refractivity contribution is 5.67. The van der Waals surface area contributed by atoms with Crippen LogP contribution in [0.5, 0.6) is 0 Å². The Balaban J connectivity index is 2.39. The first-order valence-electron chi connectivity index (χ1n) is 6.59. The quantitative estimate of drug-likeness (QED) is 0.796. The maximum atomic E-state index is 11.6. The zero-order chi connectivity index (χ0) is 12.9. The highest BCUT2D eigenvalue weighted by Crippen LogP contribution is 2.23. The van der Waals surface area contributed by atoms with Crippen LogP contribution in [-0.2, 0) is 4.74 Å². The molecule has 0 spiro atoms. The maximum Gasteiger partial charge on any atom is 0.407 e. The molecular weight excluding hydrogens is 216 g/mol. The SMILES string of the molecule is CCC[C@]1(CNC(=O)OC(C)(C)C)CCCN1. The van der Waals surface area contributed by atoms with Gasteiger partial charge in [0, 0.05) is 12.1 Å². The van der Waals surface area contributed by atoms with Crippen molar-refractivity contribution in [3.05, 3.63) is 0 Å². The van der Waals surface area contributed by atoms with Gasteiger partial charge in [-0.15, -0.1) is 0 Å². The molecule has 0 bridgehead atoms. The monoisotopic (exact) mass is 242 g/mol. The van der Waals surface area contributed by atoms with Crippen LogP contribution in [0.15, 0.2) is 0 Å². The number of alkyl carbamates (subject to hydrolysis) is 1. The summed E-state index contributed by atoms with van der Waals surface area (Å²) < 4.78 is 5.24. The molecule has 0 aromatic carbocycles. The van der Waals surface area contributed by atoms with Crippen LogP contribution in [0.4, 0.5) is 4.79 Å². The molecule has 0 unspecified atom stereocenters. The summed E-state index contributed by atoms with van der Waals surface area (Å²) in [7, 11) is 0. The van der Waals surface area contributed by atoms with Crippen molar-refractivity contribution in [3.8, 4) is 0 Å². The van der Waals surface area contributed by atoms with Crippen molar-refractivity contribution in [2.45, 2.75) is 64.5 Å². The number of hydrogen-bond acceptors (Lipinski definition) is 3. The second kappa shape index (κ2) is 5.71. The van der Waals surface area contributed by atoms with Gasteiger partial charge in [0.05, 0.1) is 0 Å². The van der Waals surface area contributed by atoms with E-state index in [-0.39, 0.29) is 11.6 Å². The number of hydrogen-bond donors (Lipinski definition) is 2. The first-order chi connectivity index (χ1) is 7.87. The molecule has 100 valence electrons. The highest BCUT2D eigenvalue weighted by Gasteiger charge is 2.33. The number of carbonyl (C=O) groups is 1. The predicted octanol–water partition coefficient (Wildman–Crippen LogP) is 2.43. The standard InChI is InChI=1S/C13H26N2O2/c1-5-7-13(8-6-9-15-13)10-14-11(16)17-12(2,3)4/h15H,5-10H2,1-4H3,(H,14,16)/t13-/m1/s1. The number of ether oxygens (including phenoxy) is 1. The summed E-state index contributed by atoms with van der Waals surface area (Å²) in [5.41, 5.74) is -0.337. The van der Waals surface area contributed by atoms with Gasteiger partial charge in [0.2, 0.25) is 0 Å². The lowest BCUT2D eigenvalue weighted by Gasteiger charge is -2.30. The third-order valence-electron chi connectivity index (χ3n) is 3.03. The average Bonchev–Trinajstić information content (AvgIpc) is 2.62. The highest BCUT2D eigenvalue weighted by atomic mass is 16.6. The smallest absolute Gasteiger partial charge is 0.407 e. The minimum Gasteiger partial charge on any atom is -0.444 e. The molecule has 1 heterocycles. The van der Waals surface area contributed by atoms with E-state index in [0.29, 0.717) is 6.54 Å². The van der Waals surface area contributed by atoms with Crippen molar-refractivity contribution >= 4 is 6.09 Å². The second-order valence-corrected chi connectivity index (χ2v) is 5.92. The van der Waals surface area contributed by atoms with Crippen LogP contribution in [-0.4, -0.2) is 30.3 Å². The molecule has 1 aliphatic heterocycles. The van der Waals surface area contributed by atoms with Gasteiger partial charge in [-0.25, -0.2) is 4.79 Å². The number of carbonyl (C=O) groups excluding carboxylic acids is 1. The van der Waals surface area contributed by atoms with Crippen molar-refractivity contribution in [2.75, 3.05) is 13.1 Å². The van der Waals surface area contributed by atoms with E-state index in [1.54, 1.807) is 0 Å². The number of nitrogens with one attached hydrogen (secondary N) is 2. The predicted molar refractivity (Wildman–Crippen MR) is 69.1 cm³/mol. The first-order valence-corrected chi connectivity index (χ1v) is 6.59. The summed E-state index contributed by atoms with van der Waals surface area (Å²) in [6, 6.07) is 0. The summed E-state index contributed by atoms with van der Waals surface area (Å²) in [6.45, 7) is 9.52. The molecule has 4 heteroatoms. The van der Waals surface area contributed by atoms with Crippen LogP contribution in [0.25, 0.3) is 0 Å². The lowest BCUT2D eigenvalue weighted by Crippen LogP contribution is -2.50. The van der Waals surface area contributed by atoms with Crippen LogP contribution in [0.1, 0.15) is 53.4 Å². The zero-order valence-electron chi connectivity index (χ0n) is 11.6. The molecule has 1 aliphatic rings. The second-order valence-electron chi connectivity index (χ2n) is 5.92. The van der Waals surface area contributed by atoms with Crippen molar-refractivity contribution in [1.82, 2.24) is 10.6 Å². The van der Waals surface area contributed by atoms with Gasteiger partial charge in [0.1, 0.15) is 5.60 Å². The third-order valence-corrected chi connectivity index (χ3v) is 3.03. The summed E-state index contributed by atoms with van der Waals surface area (Å²) in [5.74, 6) is 0. The molecule has 0 aromatic heterocycles. The van der Waals surface area contributed by atoms with Crippen molar-refractivity contribution in [3.63, 3.8) is 0 Å². The van der Waals surface area contributed by atoms with E-state index in [1.807, 2.05) is 20.8 Å². The molecular formula is C13H26N2O2. The molecule has 1 amide bonds. The minimum atomic E-state index is -0.425. The lowest BCUT2D eigenvalue weighted by atomic mass is 9.92. The fraction of sp³-hybridized carbons (Fsp3) is 0.923.